The summed E-state index contributed by atoms with van der Waals surface area (Å²) in [6.45, 7) is 0.451. The quantitative estimate of drug-likeness (QED) is 0.869. The average Bonchev–Trinajstić information content (AvgIpc) is 2.49. The van der Waals surface area contributed by atoms with Gasteiger partial charge in [0.2, 0.25) is 5.91 Å². The molecule has 1 fully saturated rings. The van der Waals surface area contributed by atoms with Gasteiger partial charge in [0.25, 0.3) is 0 Å². The minimum Gasteiger partial charge on any atom is -0.328 e. The lowest BCUT2D eigenvalue weighted by Crippen LogP contribution is -2.62. The number of rotatable bonds is 3. The van der Waals surface area contributed by atoms with Crippen LogP contribution in [0.2, 0.25) is 0 Å². The Morgan fingerprint density at radius 2 is 1.70 bits per heavy atom. The lowest BCUT2D eigenvalue weighted by molar-refractivity contribution is -0.150. The molecule has 1 aliphatic rings. The molecule has 2 aromatic carbocycles. The van der Waals surface area contributed by atoms with E-state index in [1.54, 1.807) is 23.1 Å². The summed E-state index contributed by atoms with van der Waals surface area (Å²) in [6, 6.07) is 15.1. The highest BCUT2D eigenvalue weighted by atomic mass is 19.1. The van der Waals surface area contributed by atoms with Crippen molar-refractivity contribution >= 4 is 5.91 Å². The summed E-state index contributed by atoms with van der Waals surface area (Å²) in [5.41, 5.74) is 7.34. The highest BCUT2D eigenvalue weighted by Crippen LogP contribution is 2.36. The molecule has 2 atom stereocenters. The van der Waals surface area contributed by atoms with Gasteiger partial charge < -0.3 is 10.6 Å². The number of hydrogen-bond acceptors (Lipinski definition) is 2. The first-order valence-corrected chi connectivity index (χ1v) is 6.53. The maximum atomic E-state index is 13.9. The lowest BCUT2D eigenvalue weighted by Gasteiger charge is -2.45. The van der Waals surface area contributed by atoms with Gasteiger partial charge in [0.05, 0.1) is 6.04 Å². The van der Waals surface area contributed by atoms with E-state index < -0.39 is 6.04 Å². The zero-order valence-electron chi connectivity index (χ0n) is 10.9. The predicted octanol–water partition coefficient (Wildman–Crippen LogP) is 2.24. The van der Waals surface area contributed by atoms with E-state index in [0.29, 0.717) is 12.1 Å². The van der Waals surface area contributed by atoms with Crippen molar-refractivity contribution < 1.29 is 9.18 Å². The van der Waals surface area contributed by atoms with Crippen molar-refractivity contribution in [1.82, 2.24) is 4.90 Å². The number of β-lactam (4-membered cyclic amide) rings is 1. The number of hydrogen-bond donors (Lipinski definition) is 1. The molecule has 102 valence electrons. The number of carbonyl (C=O) groups excluding carboxylic acids is 1. The van der Waals surface area contributed by atoms with Crippen LogP contribution >= 0.6 is 0 Å². The Kier molecular flexibility index (Phi) is 3.24. The third-order valence-corrected chi connectivity index (χ3v) is 3.66. The van der Waals surface area contributed by atoms with Gasteiger partial charge in [-0.15, -0.1) is 0 Å². The SMILES string of the molecule is N[C@H]1C(=O)N(Cc2ccccc2)[C@@H]1c1ccccc1F. The van der Waals surface area contributed by atoms with Crippen molar-refractivity contribution in [1.29, 1.82) is 0 Å². The zero-order chi connectivity index (χ0) is 14.1. The summed E-state index contributed by atoms with van der Waals surface area (Å²) in [6.07, 6.45) is 0. The Morgan fingerprint density at radius 3 is 2.40 bits per heavy atom. The fourth-order valence-electron chi connectivity index (χ4n) is 2.61. The first kappa shape index (κ1) is 12.8. The maximum Gasteiger partial charge on any atom is 0.242 e. The molecule has 1 aliphatic heterocycles. The van der Waals surface area contributed by atoms with Gasteiger partial charge >= 0.3 is 0 Å². The van der Waals surface area contributed by atoms with Crippen LogP contribution in [-0.4, -0.2) is 16.8 Å². The standard InChI is InChI=1S/C16H15FN2O/c17-13-9-5-4-8-12(13)15-14(18)16(20)19(15)10-11-6-2-1-3-7-11/h1-9,14-15H,10,18H2/t14-,15-/m1/s1. The molecule has 20 heavy (non-hydrogen) atoms. The van der Waals surface area contributed by atoms with Gasteiger partial charge in [0, 0.05) is 12.1 Å². The number of halogens is 1. The topological polar surface area (TPSA) is 46.3 Å². The highest BCUT2D eigenvalue weighted by molar-refractivity contribution is 5.89. The number of carbonyl (C=O) groups is 1. The third kappa shape index (κ3) is 2.08. The summed E-state index contributed by atoms with van der Waals surface area (Å²) in [5.74, 6) is -0.458. The normalized spacial score (nSPS) is 21.7. The molecule has 1 amide bonds. The van der Waals surface area contributed by atoms with Gasteiger partial charge in [0.15, 0.2) is 0 Å². The van der Waals surface area contributed by atoms with Crippen LogP contribution in [0.15, 0.2) is 54.6 Å². The molecule has 0 aliphatic carbocycles. The van der Waals surface area contributed by atoms with Gasteiger partial charge in [-0.3, -0.25) is 4.79 Å². The first-order valence-electron chi connectivity index (χ1n) is 6.53. The fourth-order valence-corrected chi connectivity index (χ4v) is 2.61. The van der Waals surface area contributed by atoms with Gasteiger partial charge in [-0.1, -0.05) is 48.5 Å². The van der Waals surface area contributed by atoms with E-state index >= 15 is 0 Å². The largest absolute Gasteiger partial charge is 0.328 e. The second-order valence-electron chi connectivity index (χ2n) is 4.94. The maximum absolute atomic E-state index is 13.9. The van der Waals surface area contributed by atoms with E-state index in [-0.39, 0.29) is 17.8 Å². The summed E-state index contributed by atoms with van der Waals surface area (Å²) in [5, 5.41) is 0. The minimum atomic E-state index is -0.657. The van der Waals surface area contributed by atoms with Crippen LogP contribution in [-0.2, 0) is 11.3 Å². The minimum absolute atomic E-state index is 0.137. The van der Waals surface area contributed by atoms with Crippen molar-refractivity contribution in [2.45, 2.75) is 18.6 Å². The molecular weight excluding hydrogens is 255 g/mol. The van der Waals surface area contributed by atoms with E-state index in [9.17, 15) is 9.18 Å². The monoisotopic (exact) mass is 270 g/mol. The molecule has 1 heterocycles. The average molecular weight is 270 g/mol. The number of nitrogens with zero attached hydrogens (tertiary/aromatic N) is 1. The molecule has 0 spiro atoms. The van der Waals surface area contributed by atoms with Crippen LogP contribution in [0.25, 0.3) is 0 Å². The van der Waals surface area contributed by atoms with E-state index in [1.165, 1.54) is 6.07 Å². The van der Waals surface area contributed by atoms with Crippen molar-refractivity contribution in [3.8, 4) is 0 Å². The summed E-state index contributed by atoms with van der Waals surface area (Å²) in [4.78, 5) is 13.6. The van der Waals surface area contributed by atoms with Crippen molar-refractivity contribution in [2.24, 2.45) is 5.73 Å². The molecule has 1 saturated heterocycles. The molecule has 2 N–H and O–H groups in total. The van der Waals surface area contributed by atoms with Crippen LogP contribution < -0.4 is 5.73 Å². The Hall–Kier alpha value is -2.20. The number of nitrogens with two attached hydrogens (primary N) is 1. The van der Waals surface area contributed by atoms with E-state index in [0.717, 1.165) is 5.56 Å². The second-order valence-corrected chi connectivity index (χ2v) is 4.94. The molecule has 0 saturated carbocycles. The van der Waals surface area contributed by atoms with Crippen LogP contribution in [0.4, 0.5) is 4.39 Å². The molecule has 0 bridgehead atoms. The first-order chi connectivity index (χ1) is 9.68. The molecule has 0 radical (unpaired) electrons. The third-order valence-electron chi connectivity index (χ3n) is 3.66. The number of amides is 1. The molecule has 3 nitrogen and oxygen atoms in total. The van der Waals surface area contributed by atoms with Gasteiger partial charge in [-0.2, -0.15) is 0 Å². The van der Waals surface area contributed by atoms with Gasteiger partial charge in [-0.25, -0.2) is 4.39 Å². The Labute approximate surface area is 116 Å². The Morgan fingerprint density at radius 1 is 1.05 bits per heavy atom. The molecule has 0 unspecified atom stereocenters. The van der Waals surface area contributed by atoms with E-state index in [4.69, 9.17) is 5.73 Å². The number of benzene rings is 2. The molecule has 4 heteroatoms. The van der Waals surface area contributed by atoms with Crippen LogP contribution in [0.5, 0.6) is 0 Å². The smallest absolute Gasteiger partial charge is 0.242 e. The fraction of sp³-hybridized carbons (Fsp3) is 0.188. The van der Waals surface area contributed by atoms with Crippen LogP contribution in [0.3, 0.4) is 0 Å². The zero-order valence-corrected chi connectivity index (χ0v) is 10.9. The highest BCUT2D eigenvalue weighted by Gasteiger charge is 2.46. The van der Waals surface area contributed by atoms with Crippen molar-refractivity contribution in [2.75, 3.05) is 0 Å². The molecule has 0 aromatic heterocycles. The van der Waals surface area contributed by atoms with Crippen molar-refractivity contribution in [3.05, 3.63) is 71.5 Å². The Bertz CT molecular complexity index is 629. The van der Waals surface area contributed by atoms with Gasteiger partial charge in [0.1, 0.15) is 11.9 Å². The molecule has 2 aromatic rings. The summed E-state index contributed by atoms with van der Waals surface area (Å²) in [7, 11) is 0. The summed E-state index contributed by atoms with van der Waals surface area (Å²) >= 11 is 0. The van der Waals surface area contributed by atoms with Gasteiger partial charge in [-0.05, 0) is 11.6 Å². The lowest BCUT2D eigenvalue weighted by atomic mass is 9.88. The summed E-state index contributed by atoms with van der Waals surface area (Å²) < 4.78 is 13.9. The Balaban J connectivity index is 1.87. The van der Waals surface area contributed by atoms with E-state index in [2.05, 4.69) is 0 Å². The predicted molar refractivity (Wildman–Crippen MR) is 74.1 cm³/mol. The van der Waals surface area contributed by atoms with Crippen LogP contribution in [0, 0.1) is 5.82 Å². The number of likely N-dealkylation sites (tertiary alicyclic amines) is 1. The van der Waals surface area contributed by atoms with E-state index in [1.807, 2.05) is 30.3 Å². The molecular formula is C16H15FN2O. The second kappa shape index (κ2) is 5.06. The molecule has 3 rings (SSSR count). The van der Waals surface area contributed by atoms with Crippen molar-refractivity contribution in [3.63, 3.8) is 0 Å². The van der Waals surface area contributed by atoms with Crippen LogP contribution in [0.1, 0.15) is 17.2 Å².